The van der Waals surface area contributed by atoms with E-state index in [0.717, 1.165) is 37.3 Å². The molecule has 1 atom stereocenters. The number of piperazine rings is 1. The molecule has 4 nitrogen and oxygen atoms in total. The Morgan fingerprint density at radius 2 is 1.80 bits per heavy atom. The minimum atomic E-state index is -4.70. The Morgan fingerprint density at radius 3 is 2.40 bits per heavy atom. The van der Waals surface area contributed by atoms with Gasteiger partial charge in [0.2, 0.25) is 0 Å². The largest absolute Gasteiger partial charge is 0.573 e. The van der Waals surface area contributed by atoms with Crippen LogP contribution in [0.2, 0.25) is 5.02 Å². The number of pyridine rings is 1. The summed E-state index contributed by atoms with van der Waals surface area (Å²) in [5.41, 5.74) is 1.73. The lowest BCUT2D eigenvalue weighted by Crippen LogP contribution is -2.45. The van der Waals surface area contributed by atoms with Gasteiger partial charge in [-0.3, -0.25) is 9.88 Å². The molecule has 134 valence electrons. The average Bonchev–Trinajstić information content (AvgIpc) is 2.58. The SMILES string of the molecule is FC(F)(F)Oc1ccc([C@H](c2ccncc2Cl)N2CCNCC2)cc1. The predicted molar refractivity (Wildman–Crippen MR) is 88.7 cm³/mol. The predicted octanol–water partition coefficient (Wildman–Crippen LogP) is 3.63. The van der Waals surface area contributed by atoms with Gasteiger partial charge in [0, 0.05) is 38.6 Å². The van der Waals surface area contributed by atoms with E-state index in [1.807, 2.05) is 6.07 Å². The second kappa shape index (κ2) is 7.59. The van der Waals surface area contributed by atoms with E-state index < -0.39 is 6.36 Å². The van der Waals surface area contributed by atoms with E-state index in [0.29, 0.717) is 5.02 Å². The third-order valence-corrected chi connectivity index (χ3v) is 4.36. The van der Waals surface area contributed by atoms with Crippen molar-refractivity contribution in [2.24, 2.45) is 0 Å². The Hall–Kier alpha value is -1.83. The second-order valence-corrected chi connectivity index (χ2v) is 6.11. The van der Waals surface area contributed by atoms with E-state index in [1.54, 1.807) is 24.5 Å². The Kier molecular flexibility index (Phi) is 5.46. The maximum absolute atomic E-state index is 12.3. The first-order valence-corrected chi connectivity index (χ1v) is 8.22. The first kappa shape index (κ1) is 18.0. The fourth-order valence-corrected chi connectivity index (χ4v) is 3.21. The van der Waals surface area contributed by atoms with Crippen molar-refractivity contribution in [3.05, 3.63) is 58.9 Å². The molecule has 1 aliphatic rings. The molecule has 1 aromatic carbocycles. The molecule has 0 spiro atoms. The zero-order valence-electron chi connectivity index (χ0n) is 13.3. The van der Waals surface area contributed by atoms with Crippen molar-refractivity contribution < 1.29 is 17.9 Å². The fourth-order valence-electron chi connectivity index (χ4n) is 2.99. The maximum atomic E-state index is 12.3. The van der Waals surface area contributed by atoms with E-state index in [1.165, 1.54) is 12.1 Å². The fraction of sp³-hybridized carbons (Fsp3) is 0.353. The number of hydrogen-bond donors (Lipinski definition) is 1. The molecule has 1 N–H and O–H groups in total. The number of ether oxygens (including phenoxy) is 1. The molecule has 0 radical (unpaired) electrons. The summed E-state index contributed by atoms with van der Waals surface area (Å²) in [7, 11) is 0. The smallest absolute Gasteiger partial charge is 0.406 e. The van der Waals surface area contributed by atoms with Crippen LogP contribution < -0.4 is 10.1 Å². The topological polar surface area (TPSA) is 37.4 Å². The van der Waals surface area contributed by atoms with Gasteiger partial charge in [0.1, 0.15) is 5.75 Å². The monoisotopic (exact) mass is 371 g/mol. The molecule has 0 saturated carbocycles. The number of alkyl halides is 3. The van der Waals surface area contributed by atoms with E-state index in [9.17, 15) is 13.2 Å². The zero-order chi connectivity index (χ0) is 17.9. The van der Waals surface area contributed by atoms with Gasteiger partial charge in [-0.15, -0.1) is 13.2 Å². The minimum Gasteiger partial charge on any atom is -0.406 e. The van der Waals surface area contributed by atoms with Crippen LogP contribution in [0.5, 0.6) is 5.75 Å². The lowest BCUT2D eigenvalue weighted by Gasteiger charge is -2.36. The third-order valence-electron chi connectivity index (χ3n) is 4.04. The summed E-state index contributed by atoms with van der Waals surface area (Å²) >= 11 is 6.33. The van der Waals surface area contributed by atoms with Crippen molar-refractivity contribution >= 4 is 11.6 Å². The Bertz CT molecular complexity index is 703. The number of nitrogens with one attached hydrogen (secondary N) is 1. The first-order valence-electron chi connectivity index (χ1n) is 7.84. The van der Waals surface area contributed by atoms with E-state index in [2.05, 4.69) is 19.9 Å². The number of hydrogen-bond acceptors (Lipinski definition) is 4. The molecular formula is C17H17ClF3N3O. The Morgan fingerprint density at radius 1 is 1.12 bits per heavy atom. The zero-order valence-corrected chi connectivity index (χ0v) is 14.0. The molecule has 0 unspecified atom stereocenters. The van der Waals surface area contributed by atoms with Gasteiger partial charge >= 0.3 is 6.36 Å². The highest BCUT2D eigenvalue weighted by atomic mass is 35.5. The number of halogens is 4. The van der Waals surface area contributed by atoms with Gasteiger partial charge in [-0.1, -0.05) is 23.7 Å². The lowest BCUT2D eigenvalue weighted by molar-refractivity contribution is -0.274. The van der Waals surface area contributed by atoms with Crippen LogP contribution in [0.15, 0.2) is 42.7 Å². The van der Waals surface area contributed by atoms with Crippen molar-refractivity contribution in [3.8, 4) is 5.75 Å². The van der Waals surface area contributed by atoms with Crippen molar-refractivity contribution in [1.29, 1.82) is 0 Å². The molecule has 1 fully saturated rings. The van der Waals surface area contributed by atoms with Crippen LogP contribution in [0.1, 0.15) is 17.2 Å². The minimum absolute atomic E-state index is 0.155. The van der Waals surface area contributed by atoms with Gasteiger partial charge in [-0.2, -0.15) is 0 Å². The molecule has 2 heterocycles. The molecular weight excluding hydrogens is 355 g/mol. The summed E-state index contributed by atoms with van der Waals surface area (Å²) < 4.78 is 41.0. The number of benzene rings is 1. The highest BCUT2D eigenvalue weighted by Gasteiger charge is 2.31. The van der Waals surface area contributed by atoms with Crippen molar-refractivity contribution in [1.82, 2.24) is 15.2 Å². The molecule has 8 heteroatoms. The van der Waals surface area contributed by atoms with Crippen molar-refractivity contribution in [2.45, 2.75) is 12.4 Å². The van der Waals surface area contributed by atoms with Crippen LogP contribution in [-0.4, -0.2) is 42.4 Å². The summed E-state index contributed by atoms with van der Waals surface area (Å²) in [4.78, 5) is 6.26. The van der Waals surface area contributed by atoms with Gasteiger partial charge in [-0.25, -0.2) is 0 Å². The molecule has 0 aliphatic carbocycles. The van der Waals surface area contributed by atoms with E-state index in [-0.39, 0.29) is 11.8 Å². The maximum Gasteiger partial charge on any atom is 0.573 e. The molecule has 1 aromatic heterocycles. The summed E-state index contributed by atoms with van der Waals surface area (Å²) in [6.07, 6.45) is -1.46. The highest BCUT2D eigenvalue weighted by molar-refractivity contribution is 6.31. The molecule has 2 aromatic rings. The van der Waals surface area contributed by atoms with Gasteiger partial charge in [-0.05, 0) is 29.3 Å². The lowest BCUT2D eigenvalue weighted by atomic mass is 9.97. The summed E-state index contributed by atoms with van der Waals surface area (Å²) in [6, 6.07) is 7.63. The quantitative estimate of drug-likeness (QED) is 0.890. The summed E-state index contributed by atoms with van der Waals surface area (Å²) in [5, 5.41) is 3.82. The molecule has 0 bridgehead atoms. The molecule has 1 aliphatic heterocycles. The van der Waals surface area contributed by atoms with Gasteiger partial charge in [0.25, 0.3) is 0 Å². The van der Waals surface area contributed by atoms with Crippen LogP contribution in [0.3, 0.4) is 0 Å². The first-order chi connectivity index (χ1) is 11.9. The Labute approximate surface area is 148 Å². The van der Waals surface area contributed by atoms with E-state index >= 15 is 0 Å². The van der Waals surface area contributed by atoms with Crippen LogP contribution in [-0.2, 0) is 0 Å². The van der Waals surface area contributed by atoms with Gasteiger partial charge < -0.3 is 10.1 Å². The number of aromatic nitrogens is 1. The Balaban J connectivity index is 1.93. The van der Waals surface area contributed by atoms with Gasteiger partial charge in [0.05, 0.1) is 11.1 Å². The van der Waals surface area contributed by atoms with Crippen molar-refractivity contribution in [2.75, 3.05) is 26.2 Å². The molecule has 3 rings (SSSR count). The van der Waals surface area contributed by atoms with Gasteiger partial charge in [0.15, 0.2) is 0 Å². The van der Waals surface area contributed by atoms with E-state index in [4.69, 9.17) is 11.6 Å². The highest BCUT2D eigenvalue weighted by Crippen LogP contribution is 2.34. The van der Waals surface area contributed by atoms with Crippen LogP contribution in [0.25, 0.3) is 0 Å². The van der Waals surface area contributed by atoms with Crippen LogP contribution in [0.4, 0.5) is 13.2 Å². The van der Waals surface area contributed by atoms with Crippen molar-refractivity contribution in [3.63, 3.8) is 0 Å². The standard InChI is InChI=1S/C17H17ClF3N3O/c18-15-11-23-6-5-14(15)16(24-9-7-22-8-10-24)12-1-3-13(4-2-12)25-17(19,20)21/h1-6,11,16,22H,7-10H2/t16-/m1/s1. The molecule has 1 saturated heterocycles. The third kappa shape index (κ3) is 4.62. The average molecular weight is 372 g/mol. The molecule has 0 amide bonds. The number of nitrogens with zero attached hydrogens (tertiary/aromatic N) is 2. The van der Waals surface area contributed by atoms with Crippen LogP contribution in [0, 0.1) is 0 Å². The number of rotatable bonds is 4. The van der Waals surface area contributed by atoms with Crippen LogP contribution >= 0.6 is 11.6 Å². The normalized spacial score (nSPS) is 17.3. The summed E-state index contributed by atoms with van der Waals surface area (Å²) in [6.45, 7) is 3.30. The second-order valence-electron chi connectivity index (χ2n) is 5.70. The summed E-state index contributed by atoms with van der Waals surface area (Å²) in [5.74, 6) is -0.240. The molecule has 25 heavy (non-hydrogen) atoms.